The van der Waals surface area contributed by atoms with Crippen molar-refractivity contribution < 1.29 is 14.3 Å². The Bertz CT molecular complexity index is 1450. The number of thioether (sulfide) groups is 1. The second-order valence-corrected chi connectivity index (χ2v) is 9.79. The first-order valence-corrected chi connectivity index (χ1v) is 12.5. The molecule has 8 nitrogen and oxygen atoms in total. The predicted molar refractivity (Wildman–Crippen MR) is 145 cm³/mol. The van der Waals surface area contributed by atoms with Crippen LogP contribution >= 0.6 is 11.8 Å². The molecular formula is C27H27N5O3S. The van der Waals surface area contributed by atoms with Gasteiger partial charge in [-0.05, 0) is 55.1 Å². The summed E-state index contributed by atoms with van der Waals surface area (Å²) in [4.78, 5) is 17.2. The second kappa shape index (κ2) is 9.66. The summed E-state index contributed by atoms with van der Waals surface area (Å²) >= 11 is 1.35. The molecule has 5 rings (SSSR count). The third-order valence-electron chi connectivity index (χ3n) is 6.18. The van der Waals surface area contributed by atoms with Crippen LogP contribution in [-0.2, 0) is 11.3 Å². The maximum atomic E-state index is 12.9. The number of para-hydroxylation sites is 1. The zero-order valence-electron chi connectivity index (χ0n) is 20.6. The van der Waals surface area contributed by atoms with Crippen LogP contribution < -0.4 is 9.47 Å². The van der Waals surface area contributed by atoms with Crippen molar-refractivity contribution in [3.05, 3.63) is 65.4 Å². The minimum atomic E-state index is -0.418. The lowest BCUT2D eigenvalue weighted by atomic mass is 10.1. The van der Waals surface area contributed by atoms with Gasteiger partial charge >= 0.3 is 0 Å². The van der Waals surface area contributed by atoms with Crippen molar-refractivity contribution in [2.45, 2.75) is 27.3 Å². The van der Waals surface area contributed by atoms with E-state index < -0.39 is 5.91 Å². The number of aromatic nitrogens is 1. The maximum absolute atomic E-state index is 12.9. The molecule has 184 valence electrons. The SMILES string of the molecule is COc1ccc(OCCn2c(C)c(/C=C3/C(=N)N4N=C(C(C)C)SC4=NC3=O)c3ccccc32)cc1. The summed E-state index contributed by atoms with van der Waals surface area (Å²) in [5, 5.41) is 17.0. The molecule has 1 amide bonds. The molecule has 0 radical (unpaired) electrons. The van der Waals surface area contributed by atoms with Crippen LogP contribution in [0.5, 0.6) is 11.5 Å². The Morgan fingerprint density at radius 1 is 1.11 bits per heavy atom. The van der Waals surface area contributed by atoms with Crippen LogP contribution in [0, 0.1) is 18.3 Å². The van der Waals surface area contributed by atoms with Gasteiger partial charge in [-0.2, -0.15) is 15.1 Å². The number of methoxy groups -OCH3 is 1. The van der Waals surface area contributed by atoms with Gasteiger partial charge in [0, 0.05) is 28.1 Å². The van der Waals surface area contributed by atoms with Crippen LogP contribution in [0.4, 0.5) is 0 Å². The number of nitrogens with one attached hydrogen (secondary N) is 1. The number of carbonyl (C=O) groups is 1. The first-order valence-electron chi connectivity index (χ1n) is 11.7. The van der Waals surface area contributed by atoms with Crippen molar-refractivity contribution in [2.24, 2.45) is 16.0 Å². The van der Waals surface area contributed by atoms with Gasteiger partial charge in [0.05, 0.1) is 19.2 Å². The lowest BCUT2D eigenvalue weighted by molar-refractivity contribution is -0.114. The van der Waals surface area contributed by atoms with Crippen LogP contribution in [0.3, 0.4) is 0 Å². The number of aliphatic imine (C=N–C) groups is 1. The zero-order chi connectivity index (χ0) is 25.4. The number of nitrogens with zero attached hydrogens (tertiary/aromatic N) is 4. The van der Waals surface area contributed by atoms with Gasteiger partial charge in [-0.1, -0.05) is 32.0 Å². The Hall–Kier alpha value is -3.85. The van der Waals surface area contributed by atoms with Crippen molar-refractivity contribution in [1.82, 2.24) is 9.58 Å². The Morgan fingerprint density at radius 3 is 2.56 bits per heavy atom. The average Bonchev–Trinajstić information content (AvgIpc) is 3.42. The molecule has 3 aromatic rings. The van der Waals surface area contributed by atoms with E-state index in [-0.39, 0.29) is 17.3 Å². The van der Waals surface area contributed by atoms with E-state index in [9.17, 15) is 4.79 Å². The van der Waals surface area contributed by atoms with Gasteiger partial charge in [0.2, 0.25) is 5.17 Å². The van der Waals surface area contributed by atoms with Gasteiger partial charge in [0.1, 0.15) is 23.1 Å². The molecule has 0 saturated heterocycles. The maximum Gasteiger partial charge on any atom is 0.283 e. The molecule has 2 aliphatic heterocycles. The van der Waals surface area contributed by atoms with E-state index in [4.69, 9.17) is 14.9 Å². The van der Waals surface area contributed by atoms with Crippen molar-refractivity contribution in [3.63, 3.8) is 0 Å². The zero-order valence-corrected chi connectivity index (χ0v) is 21.4. The molecule has 2 aromatic carbocycles. The summed E-state index contributed by atoms with van der Waals surface area (Å²) in [6.45, 7) is 7.18. The third-order valence-corrected chi connectivity index (χ3v) is 7.38. The molecule has 1 N–H and O–H groups in total. The summed E-state index contributed by atoms with van der Waals surface area (Å²) in [6, 6.07) is 15.6. The number of benzene rings is 2. The number of rotatable bonds is 7. The first kappa shape index (κ1) is 23.9. The van der Waals surface area contributed by atoms with E-state index in [0.29, 0.717) is 18.3 Å². The lowest BCUT2D eigenvalue weighted by Gasteiger charge is -2.20. The lowest BCUT2D eigenvalue weighted by Crippen LogP contribution is -2.35. The van der Waals surface area contributed by atoms with Gasteiger partial charge in [0.15, 0.2) is 5.84 Å². The fraction of sp³-hybridized carbons (Fsp3) is 0.259. The van der Waals surface area contributed by atoms with Crippen molar-refractivity contribution in [1.29, 1.82) is 5.41 Å². The first-order chi connectivity index (χ1) is 17.4. The molecule has 3 heterocycles. The average molecular weight is 502 g/mol. The number of ether oxygens (including phenoxy) is 2. The third kappa shape index (κ3) is 4.30. The molecule has 0 unspecified atom stereocenters. The Balaban J connectivity index is 1.45. The normalized spacial score (nSPS) is 16.6. The molecule has 0 saturated carbocycles. The molecule has 0 bridgehead atoms. The summed E-state index contributed by atoms with van der Waals surface area (Å²) < 4.78 is 13.3. The number of amides is 1. The number of hydrogen-bond donors (Lipinski definition) is 1. The summed E-state index contributed by atoms with van der Waals surface area (Å²) in [7, 11) is 1.64. The predicted octanol–water partition coefficient (Wildman–Crippen LogP) is 5.31. The van der Waals surface area contributed by atoms with Crippen LogP contribution in [-0.4, -0.2) is 45.2 Å². The fourth-order valence-electron chi connectivity index (χ4n) is 4.24. The molecule has 9 heteroatoms. The minimum Gasteiger partial charge on any atom is -0.497 e. The highest BCUT2D eigenvalue weighted by Crippen LogP contribution is 2.33. The summed E-state index contributed by atoms with van der Waals surface area (Å²) in [5.74, 6) is 1.38. The van der Waals surface area contributed by atoms with E-state index in [1.165, 1.54) is 16.8 Å². The topological polar surface area (TPSA) is 92.3 Å². The summed E-state index contributed by atoms with van der Waals surface area (Å²) in [5.41, 5.74) is 3.14. The summed E-state index contributed by atoms with van der Waals surface area (Å²) in [6.07, 6.45) is 1.77. The van der Waals surface area contributed by atoms with Crippen LogP contribution in [0.15, 0.2) is 64.2 Å². The molecule has 0 spiro atoms. The highest BCUT2D eigenvalue weighted by molar-refractivity contribution is 8.27. The van der Waals surface area contributed by atoms with Crippen molar-refractivity contribution in [3.8, 4) is 11.5 Å². The Morgan fingerprint density at radius 2 is 1.83 bits per heavy atom. The highest BCUT2D eigenvalue weighted by atomic mass is 32.2. The fourth-order valence-corrected chi connectivity index (χ4v) is 5.13. The van der Waals surface area contributed by atoms with E-state index in [1.54, 1.807) is 13.2 Å². The van der Waals surface area contributed by atoms with Crippen molar-refractivity contribution >= 4 is 50.7 Å². The van der Waals surface area contributed by atoms with E-state index in [1.807, 2.05) is 63.2 Å². The second-order valence-electron chi connectivity index (χ2n) is 8.80. The van der Waals surface area contributed by atoms with Gasteiger partial charge in [-0.25, -0.2) is 0 Å². The number of carbonyl (C=O) groups excluding carboxylic acids is 1. The Labute approximate surface area is 213 Å². The quantitative estimate of drug-likeness (QED) is 0.443. The van der Waals surface area contributed by atoms with Crippen molar-refractivity contribution in [2.75, 3.05) is 13.7 Å². The van der Waals surface area contributed by atoms with Gasteiger partial charge in [-0.3, -0.25) is 10.2 Å². The molecular weight excluding hydrogens is 474 g/mol. The van der Waals surface area contributed by atoms with Gasteiger partial charge in [0.25, 0.3) is 5.91 Å². The molecule has 36 heavy (non-hydrogen) atoms. The van der Waals surface area contributed by atoms with Gasteiger partial charge < -0.3 is 14.0 Å². The van der Waals surface area contributed by atoms with Crippen LogP contribution in [0.2, 0.25) is 0 Å². The molecule has 1 aromatic heterocycles. The number of hydrogen-bond acceptors (Lipinski definition) is 6. The molecule has 0 fully saturated rings. The number of fused-ring (bicyclic) bond motifs is 2. The van der Waals surface area contributed by atoms with Crippen LogP contribution in [0.25, 0.3) is 17.0 Å². The van der Waals surface area contributed by atoms with E-state index >= 15 is 0 Å². The molecule has 2 aliphatic rings. The number of amidine groups is 2. The molecule has 0 aliphatic carbocycles. The largest absolute Gasteiger partial charge is 0.497 e. The smallest absolute Gasteiger partial charge is 0.283 e. The monoisotopic (exact) mass is 501 g/mol. The highest BCUT2D eigenvalue weighted by Gasteiger charge is 2.36. The molecule has 0 atom stereocenters. The Kier molecular flexibility index (Phi) is 6.40. The standard InChI is InChI=1S/C27H27N5O3S/c1-16(2)26-30-32-24(28)22(25(33)29-27(32)36-26)15-21-17(3)31(23-8-6-5-7-20(21)23)13-14-35-19-11-9-18(34-4)10-12-19/h5-12,15-16,28H,13-14H2,1-4H3/b22-15-,28-24?. The van der Waals surface area contributed by atoms with Gasteiger partial charge in [-0.15, -0.1) is 0 Å². The minimum absolute atomic E-state index is 0.0484. The number of hydrazone groups is 1. The van der Waals surface area contributed by atoms with E-state index in [2.05, 4.69) is 20.7 Å². The van der Waals surface area contributed by atoms with E-state index in [0.717, 1.165) is 38.7 Å². The van der Waals surface area contributed by atoms with Crippen LogP contribution in [0.1, 0.15) is 25.1 Å².